The molecule has 0 aliphatic carbocycles. The molecule has 0 amide bonds. The SMILES string of the molecule is CC(=O)C1=C(C)Nc2nc(SCc3ccccc3Cl)nn2C1c1ccc(OCc2ccc(Cl)cc2)cc1. The fraction of sp³-hybridized carbons (Fsp3) is 0.179. The summed E-state index contributed by atoms with van der Waals surface area (Å²) in [5, 5.41) is 10.0. The number of fused-ring (bicyclic) bond motifs is 1. The maximum atomic E-state index is 12.7. The number of Topliss-reactive ketones (excluding diaryl/α,β-unsaturated/α-hetero) is 1. The molecule has 1 N–H and O–H groups in total. The van der Waals surface area contributed by atoms with E-state index in [0.29, 0.717) is 39.1 Å². The standard InChI is InChI=1S/C28H24Cl2N4O2S/c1-17-25(18(2)35)26(20-9-13-23(14-10-20)36-15-19-7-11-22(29)12-8-19)34-27(31-17)32-28(33-34)37-16-21-5-3-4-6-24(21)30/h3-14,26H,15-16H2,1-2H3,(H,31,32,33). The summed E-state index contributed by atoms with van der Waals surface area (Å²) >= 11 is 13.8. The van der Waals surface area contributed by atoms with Gasteiger partial charge in [-0.3, -0.25) is 4.79 Å². The smallest absolute Gasteiger partial charge is 0.227 e. The lowest BCUT2D eigenvalue weighted by atomic mass is 9.93. The number of rotatable bonds is 8. The van der Waals surface area contributed by atoms with E-state index in [-0.39, 0.29) is 5.78 Å². The van der Waals surface area contributed by atoms with Crippen molar-refractivity contribution in [3.05, 3.63) is 111 Å². The predicted octanol–water partition coefficient (Wildman–Crippen LogP) is 7.33. The van der Waals surface area contributed by atoms with Gasteiger partial charge in [-0.05, 0) is 60.9 Å². The number of hydrogen-bond acceptors (Lipinski definition) is 6. The molecule has 37 heavy (non-hydrogen) atoms. The Morgan fingerprint density at radius 3 is 2.49 bits per heavy atom. The molecule has 5 rings (SSSR count). The molecule has 6 nitrogen and oxygen atoms in total. The largest absolute Gasteiger partial charge is 0.489 e. The molecule has 188 valence electrons. The number of nitrogens with zero attached hydrogens (tertiary/aromatic N) is 3. The highest BCUT2D eigenvalue weighted by atomic mass is 35.5. The molecule has 1 unspecified atom stereocenters. The summed E-state index contributed by atoms with van der Waals surface area (Å²) in [5.41, 5.74) is 4.37. The lowest BCUT2D eigenvalue weighted by Crippen LogP contribution is -2.27. The monoisotopic (exact) mass is 550 g/mol. The first-order valence-corrected chi connectivity index (χ1v) is 13.4. The van der Waals surface area contributed by atoms with Crippen LogP contribution in [0.5, 0.6) is 5.75 Å². The number of hydrogen-bond donors (Lipinski definition) is 1. The van der Waals surface area contributed by atoms with Gasteiger partial charge in [-0.1, -0.05) is 77.4 Å². The van der Waals surface area contributed by atoms with Gasteiger partial charge < -0.3 is 10.1 Å². The summed E-state index contributed by atoms with van der Waals surface area (Å²) < 4.78 is 7.72. The number of carbonyl (C=O) groups excluding carboxylic acids is 1. The van der Waals surface area contributed by atoms with Crippen LogP contribution in [-0.2, 0) is 17.2 Å². The minimum absolute atomic E-state index is 0.0236. The Morgan fingerprint density at radius 2 is 1.78 bits per heavy atom. The average molecular weight is 551 g/mol. The number of anilines is 1. The van der Waals surface area contributed by atoms with Crippen molar-refractivity contribution in [1.29, 1.82) is 0 Å². The zero-order valence-corrected chi connectivity index (χ0v) is 22.6. The molecule has 0 saturated heterocycles. The highest BCUT2D eigenvalue weighted by molar-refractivity contribution is 7.98. The van der Waals surface area contributed by atoms with Gasteiger partial charge in [-0.2, -0.15) is 4.98 Å². The Balaban J connectivity index is 1.38. The molecular weight excluding hydrogens is 527 g/mol. The molecule has 0 fully saturated rings. The highest BCUT2D eigenvalue weighted by Crippen LogP contribution is 2.37. The number of allylic oxidation sites excluding steroid dienone is 2. The van der Waals surface area contributed by atoms with E-state index < -0.39 is 6.04 Å². The minimum atomic E-state index is -0.402. The van der Waals surface area contributed by atoms with Crippen molar-refractivity contribution >= 4 is 46.7 Å². The van der Waals surface area contributed by atoms with E-state index in [1.807, 2.05) is 79.7 Å². The quantitative estimate of drug-likeness (QED) is 0.231. The van der Waals surface area contributed by atoms with E-state index in [1.54, 1.807) is 11.6 Å². The van der Waals surface area contributed by atoms with Gasteiger partial charge in [-0.25, -0.2) is 4.68 Å². The van der Waals surface area contributed by atoms with Gasteiger partial charge in [0.25, 0.3) is 0 Å². The molecule has 3 aromatic carbocycles. The molecule has 1 aromatic heterocycles. The molecule has 1 aliphatic rings. The Hall–Kier alpha value is -3.26. The summed E-state index contributed by atoms with van der Waals surface area (Å²) in [6, 6.07) is 22.6. The van der Waals surface area contributed by atoms with Crippen LogP contribution in [0, 0.1) is 0 Å². The van der Waals surface area contributed by atoms with Crippen LogP contribution in [0.1, 0.15) is 36.6 Å². The van der Waals surface area contributed by atoms with Crippen LogP contribution in [0.2, 0.25) is 10.0 Å². The van der Waals surface area contributed by atoms with Gasteiger partial charge in [0, 0.05) is 27.1 Å². The normalized spacial score (nSPS) is 14.8. The third-order valence-corrected chi connectivity index (χ3v) is 7.55. The molecular formula is C28H24Cl2N4O2S. The number of ether oxygens (including phenoxy) is 1. The van der Waals surface area contributed by atoms with Crippen LogP contribution in [0.25, 0.3) is 0 Å². The first-order valence-electron chi connectivity index (χ1n) is 11.7. The van der Waals surface area contributed by atoms with Crippen molar-refractivity contribution in [2.24, 2.45) is 0 Å². The summed E-state index contributed by atoms with van der Waals surface area (Å²) in [4.78, 5) is 17.4. The molecule has 2 heterocycles. The first kappa shape index (κ1) is 25.4. The number of benzene rings is 3. The number of aromatic nitrogens is 3. The van der Waals surface area contributed by atoms with Gasteiger partial charge >= 0.3 is 0 Å². The summed E-state index contributed by atoms with van der Waals surface area (Å²) in [6.45, 7) is 3.90. The van der Waals surface area contributed by atoms with Gasteiger partial charge in [-0.15, -0.1) is 5.10 Å². The lowest BCUT2D eigenvalue weighted by Gasteiger charge is -2.28. The molecule has 1 aliphatic heterocycles. The summed E-state index contributed by atoms with van der Waals surface area (Å²) in [5.74, 6) is 1.94. The van der Waals surface area contributed by atoms with Crippen molar-refractivity contribution in [1.82, 2.24) is 14.8 Å². The van der Waals surface area contributed by atoms with E-state index in [2.05, 4.69) is 10.3 Å². The van der Waals surface area contributed by atoms with Gasteiger partial charge in [0.2, 0.25) is 11.1 Å². The number of halogens is 2. The van der Waals surface area contributed by atoms with E-state index in [4.69, 9.17) is 33.0 Å². The fourth-order valence-corrected chi connectivity index (χ4v) is 5.45. The van der Waals surface area contributed by atoms with E-state index in [0.717, 1.165) is 28.1 Å². The van der Waals surface area contributed by atoms with Crippen LogP contribution >= 0.6 is 35.0 Å². The lowest BCUT2D eigenvalue weighted by molar-refractivity contribution is -0.114. The van der Waals surface area contributed by atoms with Crippen LogP contribution in [0.3, 0.4) is 0 Å². The molecule has 0 spiro atoms. The molecule has 0 radical (unpaired) electrons. The number of nitrogens with one attached hydrogen (secondary N) is 1. The maximum Gasteiger partial charge on any atom is 0.227 e. The van der Waals surface area contributed by atoms with Crippen LogP contribution in [0.15, 0.2) is 89.2 Å². The Labute approximate surface area is 229 Å². The maximum absolute atomic E-state index is 12.7. The minimum Gasteiger partial charge on any atom is -0.489 e. The number of ketones is 1. The van der Waals surface area contributed by atoms with E-state index in [1.165, 1.54) is 11.8 Å². The Morgan fingerprint density at radius 1 is 1.05 bits per heavy atom. The third-order valence-electron chi connectivity index (χ3n) is 6.04. The van der Waals surface area contributed by atoms with Crippen molar-refractivity contribution in [3.8, 4) is 5.75 Å². The van der Waals surface area contributed by atoms with Crippen molar-refractivity contribution in [2.75, 3.05) is 5.32 Å². The second kappa shape index (κ2) is 11.0. The van der Waals surface area contributed by atoms with Crippen molar-refractivity contribution in [2.45, 2.75) is 37.4 Å². The molecule has 4 aromatic rings. The second-order valence-electron chi connectivity index (χ2n) is 8.65. The number of carbonyl (C=O) groups is 1. The van der Waals surface area contributed by atoms with E-state index in [9.17, 15) is 4.79 Å². The van der Waals surface area contributed by atoms with Gasteiger partial charge in [0.15, 0.2) is 5.78 Å². The Bertz CT molecular complexity index is 1470. The summed E-state index contributed by atoms with van der Waals surface area (Å²) in [6.07, 6.45) is 0. The van der Waals surface area contributed by atoms with Crippen LogP contribution < -0.4 is 10.1 Å². The Kier molecular flexibility index (Phi) is 7.55. The molecule has 9 heteroatoms. The van der Waals surface area contributed by atoms with Crippen molar-refractivity contribution < 1.29 is 9.53 Å². The van der Waals surface area contributed by atoms with Crippen LogP contribution in [0.4, 0.5) is 5.95 Å². The average Bonchev–Trinajstić information content (AvgIpc) is 3.29. The van der Waals surface area contributed by atoms with Gasteiger partial charge in [0.05, 0.1) is 0 Å². The predicted molar refractivity (Wildman–Crippen MR) is 148 cm³/mol. The topological polar surface area (TPSA) is 69.0 Å². The summed E-state index contributed by atoms with van der Waals surface area (Å²) in [7, 11) is 0. The van der Waals surface area contributed by atoms with Crippen LogP contribution in [-0.4, -0.2) is 20.5 Å². The second-order valence-corrected chi connectivity index (χ2v) is 10.4. The van der Waals surface area contributed by atoms with Crippen molar-refractivity contribution in [3.63, 3.8) is 0 Å². The zero-order valence-electron chi connectivity index (χ0n) is 20.2. The first-order chi connectivity index (χ1) is 17.9. The number of thioether (sulfide) groups is 1. The van der Waals surface area contributed by atoms with E-state index >= 15 is 0 Å². The fourth-order valence-electron chi connectivity index (χ4n) is 4.21. The third kappa shape index (κ3) is 5.69. The molecule has 1 atom stereocenters. The van der Waals surface area contributed by atoms with Gasteiger partial charge in [0.1, 0.15) is 18.4 Å². The highest BCUT2D eigenvalue weighted by Gasteiger charge is 2.32. The molecule has 0 bridgehead atoms. The molecule has 0 saturated carbocycles. The zero-order chi connectivity index (χ0) is 25.9.